The van der Waals surface area contributed by atoms with Gasteiger partial charge < -0.3 is 5.32 Å². The highest BCUT2D eigenvalue weighted by atomic mass is 35.5. The molecule has 21 heavy (non-hydrogen) atoms. The van der Waals surface area contributed by atoms with E-state index in [1.165, 1.54) is 18.9 Å². The molecule has 7 heteroatoms. The Morgan fingerprint density at radius 3 is 2.86 bits per heavy atom. The molecule has 2 atom stereocenters. The number of anilines is 1. The van der Waals surface area contributed by atoms with Crippen molar-refractivity contribution in [2.75, 3.05) is 11.1 Å². The zero-order chi connectivity index (χ0) is 15.0. The van der Waals surface area contributed by atoms with Crippen LogP contribution in [0.2, 0.25) is 5.02 Å². The van der Waals surface area contributed by atoms with Crippen molar-refractivity contribution in [2.24, 2.45) is 10.9 Å². The number of thioether (sulfide) groups is 1. The van der Waals surface area contributed by atoms with Crippen LogP contribution in [0.25, 0.3) is 0 Å². The van der Waals surface area contributed by atoms with Crippen molar-refractivity contribution in [2.45, 2.75) is 31.5 Å². The molecule has 0 bridgehead atoms. The van der Waals surface area contributed by atoms with Gasteiger partial charge in [0.2, 0.25) is 0 Å². The Balaban J connectivity index is 1.79. The minimum atomic E-state index is -4.45. The second kappa shape index (κ2) is 5.72. The highest BCUT2D eigenvalue weighted by Gasteiger charge is 2.34. The van der Waals surface area contributed by atoms with Crippen molar-refractivity contribution in [3.63, 3.8) is 0 Å². The molecule has 0 aromatic heterocycles. The van der Waals surface area contributed by atoms with Gasteiger partial charge in [0.05, 0.1) is 16.6 Å². The number of hydrogen-bond donors (Lipinski definition) is 1. The number of hydrogen-bond acceptors (Lipinski definition) is 3. The Bertz CT molecular complexity index is 574. The lowest BCUT2D eigenvalue weighted by molar-refractivity contribution is -0.137. The van der Waals surface area contributed by atoms with Crippen molar-refractivity contribution >= 4 is 34.2 Å². The van der Waals surface area contributed by atoms with Crippen LogP contribution >= 0.6 is 23.4 Å². The smallest absolute Gasteiger partial charge is 0.335 e. The molecule has 1 aliphatic carbocycles. The third-order valence-electron chi connectivity index (χ3n) is 3.86. The quantitative estimate of drug-likeness (QED) is 0.777. The lowest BCUT2D eigenvalue weighted by Gasteiger charge is -2.23. The van der Waals surface area contributed by atoms with Gasteiger partial charge in [-0.3, -0.25) is 4.99 Å². The minimum absolute atomic E-state index is 0.290. The average molecular weight is 335 g/mol. The summed E-state index contributed by atoms with van der Waals surface area (Å²) in [5.41, 5.74) is -0.455. The first kappa shape index (κ1) is 15.0. The summed E-state index contributed by atoms with van der Waals surface area (Å²) in [5.74, 6) is 1.60. The molecule has 1 heterocycles. The van der Waals surface area contributed by atoms with Gasteiger partial charge in [-0.25, -0.2) is 0 Å². The molecule has 114 valence electrons. The summed E-state index contributed by atoms with van der Waals surface area (Å²) in [7, 11) is 0. The Labute approximate surface area is 130 Å². The molecule has 0 amide bonds. The summed E-state index contributed by atoms with van der Waals surface area (Å²) in [4.78, 5) is 4.61. The highest BCUT2D eigenvalue weighted by molar-refractivity contribution is 8.14. The molecule has 0 spiro atoms. The first-order valence-corrected chi connectivity index (χ1v) is 8.14. The van der Waals surface area contributed by atoms with Crippen molar-refractivity contribution in [3.05, 3.63) is 28.8 Å². The van der Waals surface area contributed by atoms with E-state index < -0.39 is 11.7 Å². The van der Waals surface area contributed by atoms with E-state index in [0.717, 1.165) is 18.2 Å². The fourth-order valence-corrected chi connectivity index (χ4v) is 4.15. The molecule has 0 saturated heterocycles. The topological polar surface area (TPSA) is 24.4 Å². The van der Waals surface area contributed by atoms with Crippen LogP contribution in [-0.2, 0) is 6.18 Å². The third-order valence-corrected chi connectivity index (χ3v) is 5.26. The van der Waals surface area contributed by atoms with Gasteiger partial charge in [-0.05, 0) is 37.0 Å². The van der Waals surface area contributed by atoms with Gasteiger partial charge in [0, 0.05) is 11.4 Å². The van der Waals surface area contributed by atoms with Gasteiger partial charge in [-0.1, -0.05) is 29.8 Å². The van der Waals surface area contributed by atoms with Crippen molar-refractivity contribution < 1.29 is 13.2 Å². The van der Waals surface area contributed by atoms with Crippen LogP contribution < -0.4 is 5.32 Å². The molecule has 1 N–H and O–H groups in total. The fraction of sp³-hybridized carbons (Fsp3) is 0.500. The number of aliphatic imine (C=N–C) groups is 1. The van der Waals surface area contributed by atoms with Gasteiger partial charge in [0.1, 0.15) is 0 Å². The summed E-state index contributed by atoms with van der Waals surface area (Å²) in [6, 6.07) is 4.16. The molecule has 1 aromatic rings. The number of nitrogens with one attached hydrogen (secondary N) is 1. The Morgan fingerprint density at radius 1 is 1.29 bits per heavy atom. The molecule has 2 unspecified atom stereocenters. The molecular weight excluding hydrogens is 321 g/mol. The number of alkyl halides is 3. The van der Waals surface area contributed by atoms with Crippen LogP contribution in [0.1, 0.15) is 24.8 Å². The van der Waals surface area contributed by atoms with Crippen molar-refractivity contribution in [1.29, 1.82) is 0 Å². The van der Waals surface area contributed by atoms with Gasteiger partial charge in [-0.15, -0.1) is 0 Å². The van der Waals surface area contributed by atoms with E-state index in [0.29, 0.717) is 22.8 Å². The largest absolute Gasteiger partial charge is 0.417 e. The van der Waals surface area contributed by atoms with E-state index in [-0.39, 0.29) is 5.02 Å². The molecular formula is C14H14ClF3N2S. The van der Waals surface area contributed by atoms with Crippen LogP contribution in [0.3, 0.4) is 0 Å². The normalized spacial score (nSPS) is 25.4. The zero-order valence-corrected chi connectivity index (χ0v) is 12.7. The molecule has 1 aliphatic heterocycles. The van der Waals surface area contributed by atoms with E-state index in [1.54, 1.807) is 17.8 Å². The lowest BCUT2D eigenvalue weighted by atomic mass is 10.1. The minimum Gasteiger partial charge on any atom is -0.335 e. The summed E-state index contributed by atoms with van der Waals surface area (Å²) < 4.78 is 38.5. The summed E-state index contributed by atoms with van der Waals surface area (Å²) in [6.07, 6.45) is -0.989. The summed E-state index contributed by atoms with van der Waals surface area (Å²) >= 11 is 7.19. The van der Waals surface area contributed by atoms with Gasteiger partial charge in [0.15, 0.2) is 5.17 Å². The van der Waals surface area contributed by atoms with Crippen molar-refractivity contribution in [3.8, 4) is 0 Å². The maximum atomic E-state index is 12.8. The predicted molar refractivity (Wildman–Crippen MR) is 81.1 cm³/mol. The number of nitrogens with zero attached hydrogens (tertiary/aromatic N) is 1. The number of rotatable bonds is 1. The summed E-state index contributed by atoms with van der Waals surface area (Å²) in [5, 5.41) is 3.40. The highest BCUT2D eigenvalue weighted by Crippen LogP contribution is 2.38. The van der Waals surface area contributed by atoms with Gasteiger partial charge in [0.25, 0.3) is 0 Å². The van der Waals surface area contributed by atoms with Gasteiger partial charge in [-0.2, -0.15) is 13.2 Å². The van der Waals surface area contributed by atoms with Gasteiger partial charge >= 0.3 is 6.18 Å². The van der Waals surface area contributed by atoms with E-state index in [1.807, 2.05) is 0 Å². The van der Waals surface area contributed by atoms with E-state index in [2.05, 4.69) is 10.3 Å². The standard InChI is InChI=1S/C14H14ClF3N2S/c15-11-5-4-9(6-10(11)14(16,17)18)19-13-20-12-3-1-2-8(12)7-21-13/h4-6,8,12H,1-3,7H2,(H,19,20). The van der Waals surface area contributed by atoms with Crippen LogP contribution in [0.15, 0.2) is 23.2 Å². The monoisotopic (exact) mass is 334 g/mol. The lowest BCUT2D eigenvalue weighted by Crippen LogP contribution is -2.25. The first-order chi connectivity index (χ1) is 9.93. The maximum absolute atomic E-state index is 12.8. The first-order valence-electron chi connectivity index (χ1n) is 6.78. The molecule has 2 aliphatic rings. The zero-order valence-electron chi connectivity index (χ0n) is 11.1. The molecule has 1 saturated carbocycles. The summed E-state index contributed by atoms with van der Waals surface area (Å²) in [6.45, 7) is 0. The Morgan fingerprint density at radius 2 is 2.10 bits per heavy atom. The van der Waals surface area contributed by atoms with Crippen molar-refractivity contribution in [1.82, 2.24) is 0 Å². The molecule has 1 fully saturated rings. The number of amidine groups is 1. The second-order valence-corrected chi connectivity index (χ2v) is 6.74. The predicted octanol–water partition coefficient (Wildman–Crippen LogP) is 5.04. The number of halogens is 4. The van der Waals surface area contributed by atoms with Crippen LogP contribution in [0.4, 0.5) is 18.9 Å². The SMILES string of the molecule is FC(F)(F)c1cc(NC2=NC3CCCC3CS2)ccc1Cl. The molecule has 3 rings (SSSR count). The van der Waals surface area contributed by atoms with E-state index in [4.69, 9.17) is 11.6 Å². The second-order valence-electron chi connectivity index (χ2n) is 5.32. The van der Waals surface area contributed by atoms with E-state index in [9.17, 15) is 13.2 Å². The van der Waals surface area contributed by atoms with E-state index >= 15 is 0 Å². The maximum Gasteiger partial charge on any atom is 0.417 e. The average Bonchev–Trinajstić information content (AvgIpc) is 2.87. The Kier molecular flexibility index (Phi) is 4.10. The molecule has 0 radical (unpaired) electrons. The Hall–Kier alpha value is -0.880. The number of fused-ring (bicyclic) bond motifs is 1. The molecule has 2 nitrogen and oxygen atoms in total. The van der Waals surface area contributed by atoms with Crippen LogP contribution in [0, 0.1) is 5.92 Å². The fourth-order valence-electron chi connectivity index (χ4n) is 2.77. The van der Waals surface area contributed by atoms with Crippen LogP contribution in [0.5, 0.6) is 0 Å². The molecule has 1 aromatic carbocycles. The van der Waals surface area contributed by atoms with Crippen LogP contribution in [-0.4, -0.2) is 17.0 Å². The third kappa shape index (κ3) is 3.31. The number of benzene rings is 1.